The van der Waals surface area contributed by atoms with Crippen LogP contribution in [0.2, 0.25) is 0 Å². The molecule has 1 rings (SSSR count). The third kappa shape index (κ3) is 4.47. The minimum Gasteiger partial charge on any atom is -0.490 e. The molecule has 108 valence electrons. The highest BCUT2D eigenvalue weighted by Crippen LogP contribution is 2.29. The number of rotatable bonds is 5. The second kappa shape index (κ2) is 5.88. The molecular weight excluding hydrogens is 266 g/mol. The summed E-state index contributed by atoms with van der Waals surface area (Å²) in [6.07, 6.45) is 2.73. The van der Waals surface area contributed by atoms with E-state index in [0.717, 1.165) is 0 Å². The van der Waals surface area contributed by atoms with E-state index < -0.39 is 9.84 Å². The molecule has 0 bridgehead atoms. The fourth-order valence-corrected chi connectivity index (χ4v) is 2.63. The number of aromatic nitrogens is 1. The van der Waals surface area contributed by atoms with Gasteiger partial charge in [0.05, 0.1) is 23.4 Å². The van der Waals surface area contributed by atoms with Gasteiger partial charge in [-0.05, 0) is 0 Å². The van der Waals surface area contributed by atoms with Gasteiger partial charge in [-0.1, -0.05) is 20.8 Å². The van der Waals surface area contributed by atoms with Crippen molar-refractivity contribution in [3.8, 4) is 5.75 Å². The first-order chi connectivity index (χ1) is 8.66. The molecule has 0 unspecified atom stereocenters. The maximum absolute atomic E-state index is 11.9. The van der Waals surface area contributed by atoms with E-state index in [-0.39, 0.29) is 10.3 Å². The molecule has 1 heterocycles. The van der Waals surface area contributed by atoms with Crippen LogP contribution in [-0.4, -0.2) is 40.0 Å². The summed E-state index contributed by atoms with van der Waals surface area (Å²) < 4.78 is 34.0. The Kier molecular flexibility index (Phi) is 4.92. The number of sulfone groups is 1. The molecule has 0 aliphatic rings. The van der Waals surface area contributed by atoms with E-state index in [2.05, 4.69) is 4.98 Å². The van der Waals surface area contributed by atoms with Crippen LogP contribution in [0.15, 0.2) is 17.2 Å². The van der Waals surface area contributed by atoms with Gasteiger partial charge in [0, 0.05) is 24.8 Å². The predicted octanol–water partition coefficient (Wildman–Crippen LogP) is 1.81. The third-order valence-electron chi connectivity index (χ3n) is 2.49. The van der Waals surface area contributed by atoms with Crippen LogP contribution in [0.25, 0.3) is 0 Å². The van der Waals surface area contributed by atoms with Crippen molar-refractivity contribution in [1.82, 2.24) is 4.98 Å². The third-order valence-corrected chi connectivity index (χ3v) is 3.60. The lowest BCUT2D eigenvalue weighted by Crippen LogP contribution is -2.19. The number of nitrogens with zero attached hydrogens (tertiary/aromatic N) is 1. The molecule has 0 fully saturated rings. The Bertz CT molecular complexity index is 532. The summed E-state index contributed by atoms with van der Waals surface area (Å²) in [5.74, 6) is 0.436. The highest BCUT2D eigenvalue weighted by Gasteiger charge is 2.25. The van der Waals surface area contributed by atoms with Crippen LogP contribution < -0.4 is 4.74 Å². The second-order valence-corrected chi connectivity index (χ2v) is 7.37. The van der Waals surface area contributed by atoms with Crippen molar-refractivity contribution in [2.24, 2.45) is 0 Å². The summed E-state index contributed by atoms with van der Waals surface area (Å²) in [6, 6.07) is 1.53. The van der Waals surface area contributed by atoms with E-state index in [9.17, 15) is 8.42 Å². The van der Waals surface area contributed by atoms with Gasteiger partial charge in [-0.2, -0.15) is 0 Å². The minimum atomic E-state index is -3.34. The molecule has 0 atom stereocenters. The molecule has 0 saturated heterocycles. The zero-order valence-electron chi connectivity index (χ0n) is 12.1. The molecular formula is C13H21NO4S. The highest BCUT2D eigenvalue weighted by molar-refractivity contribution is 7.90. The van der Waals surface area contributed by atoms with Gasteiger partial charge in [0.1, 0.15) is 12.4 Å². The fraction of sp³-hybridized carbons (Fsp3) is 0.615. The number of methoxy groups -OCH3 is 1. The Balaban J connectivity index is 3.17. The minimum absolute atomic E-state index is 0.218. The first-order valence-corrected chi connectivity index (χ1v) is 7.87. The van der Waals surface area contributed by atoms with Crippen molar-refractivity contribution in [1.29, 1.82) is 0 Å². The average molecular weight is 287 g/mol. The van der Waals surface area contributed by atoms with E-state index in [1.54, 1.807) is 13.3 Å². The normalized spacial score (nSPS) is 12.5. The summed E-state index contributed by atoms with van der Waals surface area (Å²) in [6.45, 7) is 6.58. The Hall–Kier alpha value is -1.14. The topological polar surface area (TPSA) is 65.5 Å². The van der Waals surface area contributed by atoms with Crippen molar-refractivity contribution >= 4 is 9.84 Å². The molecule has 5 nitrogen and oxygen atoms in total. The van der Waals surface area contributed by atoms with Crippen LogP contribution in [-0.2, 0) is 20.0 Å². The highest BCUT2D eigenvalue weighted by atomic mass is 32.2. The van der Waals surface area contributed by atoms with Crippen LogP contribution in [0.1, 0.15) is 26.5 Å². The fourth-order valence-electron chi connectivity index (χ4n) is 1.59. The maximum Gasteiger partial charge on any atom is 0.177 e. The zero-order valence-corrected chi connectivity index (χ0v) is 12.9. The summed E-state index contributed by atoms with van der Waals surface area (Å²) in [4.78, 5) is 4.47. The summed E-state index contributed by atoms with van der Waals surface area (Å²) in [7, 11) is -1.77. The van der Waals surface area contributed by atoms with Gasteiger partial charge in [-0.25, -0.2) is 8.42 Å². The predicted molar refractivity (Wildman–Crippen MR) is 73.4 cm³/mol. The van der Waals surface area contributed by atoms with Crippen molar-refractivity contribution in [2.45, 2.75) is 31.1 Å². The van der Waals surface area contributed by atoms with Crippen molar-refractivity contribution in [3.05, 3.63) is 18.0 Å². The molecule has 6 heteroatoms. The average Bonchev–Trinajstić information content (AvgIpc) is 2.26. The lowest BCUT2D eigenvalue weighted by atomic mass is 9.91. The Labute approximate surface area is 114 Å². The molecule has 19 heavy (non-hydrogen) atoms. The molecule has 1 aromatic heterocycles. The Morgan fingerprint density at radius 1 is 1.26 bits per heavy atom. The van der Waals surface area contributed by atoms with E-state index in [0.29, 0.717) is 24.7 Å². The standard InChI is InChI=1S/C13H21NO4S/c1-13(2,3)12-11(19(5,15)16)8-10(9-14-12)18-7-6-17-4/h8-9H,6-7H2,1-5H3. The lowest BCUT2D eigenvalue weighted by Gasteiger charge is -2.21. The number of ether oxygens (including phenoxy) is 2. The second-order valence-electron chi connectivity index (χ2n) is 5.38. The summed E-state index contributed by atoms with van der Waals surface area (Å²) >= 11 is 0. The Morgan fingerprint density at radius 2 is 1.89 bits per heavy atom. The quantitative estimate of drug-likeness (QED) is 0.773. The van der Waals surface area contributed by atoms with E-state index >= 15 is 0 Å². The molecule has 1 aromatic rings. The monoisotopic (exact) mass is 287 g/mol. The van der Waals surface area contributed by atoms with Crippen LogP contribution in [0, 0.1) is 0 Å². The van der Waals surface area contributed by atoms with Gasteiger partial charge in [-0.3, -0.25) is 4.98 Å². The van der Waals surface area contributed by atoms with Crippen molar-refractivity contribution < 1.29 is 17.9 Å². The van der Waals surface area contributed by atoms with Gasteiger partial charge < -0.3 is 9.47 Å². The maximum atomic E-state index is 11.9. The zero-order chi connectivity index (χ0) is 14.7. The first kappa shape index (κ1) is 15.9. The summed E-state index contributed by atoms with van der Waals surface area (Å²) in [5, 5.41) is 0. The lowest BCUT2D eigenvalue weighted by molar-refractivity contribution is 0.146. The van der Waals surface area contributed by atoms with Gasteiger partial charge >= 0.3 is 0 Å². The van der Waals surface area contributed by atoms with Crippen LogP contribution in [0.5, 0.6) is 5.75 Å². The van der Waals surface area contributed by atoms with Crippen LogP contribution in [0.3, 0.4) is 0 Å². The number of hydrogen-bond donors (Lipinski definition) is 0. The molecule has 0 aromatic carbocycles. The van der Waals surface area contributed by atoms with E-state index in [1.807, 2.05) is 20.8 Å². The van der Waals surface area contributed by atoms with E-state index in [4.69, 9.17) is 9.47 Å². The molecule has 0 saturated carbocycles. The van der Waals surface area contributed by atoms with Crippen molar-refractivity contribution in [3.63, 3.8) is 0 Å². The summed E-state index contributed by atoms with van der Waals surface area (Å²) in [5.41, 5.74) is 0.206. The van der Waals surface area contributed by atoms with Gasteiger partial charge in [0.15, 0.2) is 9.84 Å². The van der Waals surface area contributed by atoms with Gasteiger partial charge in [0.2, 0.25) is 0 Å². The smallest absolute Gasteiger partial charge is 0.177 e. The first-order valence-electron chi connectivity index (χ1n) is 5.98. The molecule has 0 spiro atoms. The molecule has 0 radical (unpaired) electrons. The van der Waals surface area contributed by atoms with Gasteiger partial charge in [0.25, 0.3) is 0 Å². The van der Waals surface area contributed by atoms with E-state index in [1.165, 1.54) is 12.3 Å². The van der Waals surface area contributed by atoms with Crippen LogP contribution >= 0.6 is 0 Å². The number of hydrogen-bond acceptors (Lipinski definition) is 5. The largest absolute Gasteiger partial charge is 0.490 e. The molecule has 0 amide bonds. The van der Waals surface area contributed by atoms with Gasteiger partial charge in [-0.15, -0.1) is 0 Å². The molecule has 0 aliphatic carbocycles. The Morgan fingerprint density at radius 3 is 2.37 bits per heavy atom. The van der Waals surface area contributed by atoms with Crippen LogP contribution in [0.4, 0.5) is 0 Å². The SMILES string of the molecule is COCCOc1cnc(C(C)(C)C)c(S(C)(=O)=O)c1. The molecule has 0 N–H and O–H groups in total. The number of pyridine rings is 1. The van der Waals surface area contributed by atoms with Crippen molar-refractivity contribution in [2.75, 3.05) is 26.6 Å². The molecule has 0 aliphatic heterocycles.